The maximum Gasteiger partial charge on any atom is 0.0546 e. The lowest BCUT2D eigenvalue weighted by Gasteiger charge is -2.32. The number of allylic oxidation sites excluding steroid dienone is 1. The molecule has 0 saturated carbocycles. The van der Waals surface area contributed by atoms with E-state index >= 15 is 0 Å². The lowest BCUT2D eigenvalue weighted by atomic mass is 9.96. The van der Waals surface area contributed by atoms with Crippen molar-refractivity contribution in [2.45, 2.75) is 32.2 Å². The van der Waals surface area contributed by atoms with E-state index in [1.54, 1.807) is 5.57 Å². The molecule has 0 bridgehead atoms. The molecule has 1 fully saturated rings. The highest BCUT2D eigenvalue weighted by molar-refractivity contribution is 5.87. The number of hydrogen-bond acceptors (Lipinski definition) is 1. The van der Waals surface area contributed by atoms with Gasteiger partial charge in [-0.15, -0.1) is 0 Å². The zero-order valence-electron chi connectivity index (χ0n) is 9.24. The number of nitrogens with zero attached hydrogens (tertiary/aromatic N) is 1. The summed E-state index contributed by atoms with van der Waals surface area (Å²) in [5.74, 6) is 0. The van der Waals surface area contributed by atoms with Crippen LogP contribution in [0.5, 0.6) is 0 Å². The topological polar surface area (TPSA) is 3.24 Å². The highest BCUT2D eigenvalue weighted by Crippen LogP contribution is 2.43. The van der Waals surface area contributed by atoms with Gasteiger partial charge in [-0.1, -0.05) is 24.3 Å². The Bertz CT molecular complexity index is 406. The van der Waals surface area contributed by atoms with Gasteiger partial charge in [-0.2, -0.15) is 0 Å². The Balaban J connectivity index is 2.13. The summed E-state index contributed by atoms with van der Waals surface area (Å²) in [6.45, 7) is 3.41. The molecule has 1 nitrogen and oxygen atoms in total. The molecule has 0 aliphatic carbocycles. The van der Waals surface area contributed by atoms with Crippen molar-refractivity contribution in [3.63, 3.8) is 0 Å². The number of rotatable bonds is 0. The fourth-order valence-corrected chi connectivity index (χ4v) is 3.04. The third-order valence-corrected chi connectivity index (χ3v) is 3.70. The molecule has 0 aromatic heterocycles. The van der Waals surface area contributed by atoms with E-state index in [-0.39, 0.29) is 0 Å². The Morgan fingerprint density at radius 1 is 1.27 bits per heavy atom. The second-order valence-electron chi connectivity index (χ2n) is 4.47. The van der Waals surface area contributed by atoms with Crippen molar-refractivity contribution in [2.24, 2.45) is 0 Å². The van der Waals surface area contributed by atoms with Crippen molar-refractivity contribution in [1.82, 2.24) is 0 Å². The van der Waals surface area contributed by atoms with Gasteiger partial charge in [-0.25, -0.2) is 0 Å². The fourth-order valence-electron chi connectivity index (χ4n) is 3.04. The zero-order chi connectivity index (χ0) is 10.3. The van der Waals surface area contributed by atoms with Crippen LogP contribution in [0.4, 0.5) is 5.69 Å². The van der Waals surface area contributed by atoms with Crippen LogP contribution in [0, 0.1) is 0 Å². The average Bonchev–Trinajstić information content (AvgIpc) is 2.63. The summed E-state index contributed by atoms with van der Waals surface area (Å²) in [5, 5.41) is 0. The van der Waals surface area contributed by atoms with Gasteiger partial charge in [0.1, 0.15) is 0 Å². The van der Waals surface area contributed by atoms with E-state index in [9.17, 15) is 0 Å². The average molecular weight is 199 g/mol. The minimum Gasteiger partial charge on any atom is -0.364 e. The standard InChI is InChI=1S/C14H17N/c1-2-11-12-7-3-4-8-14(12)15-10-6-5-9-13(11)15/h2-4,7-8,13H,5-6,9-10H2,1H3/b11-2+. The molecule has 15 heavy (non-hydrogen) atoms. The first-order valence-electron chi connectivity index (χ1n) is 5.94. The van der Waals surface area contributed by atoms with Crippen LogP contribution in [0.1, 0.15) is 31.7 Å². The highest BCUT2D eigenvalue weighted by Gasteiger charge is 2.34. The number of para-hydroxylation sites is 1. The second kappa shape index (κ2) is 3.41. The first-order chi connectivity index (χ1) is 7.42. The lowest BCUT2D eigenvalue weighted by molar-refractivity contribution is 0.533. The molecule has 2 aliphatic rings. The van der Waals surface area contributed by atoms with Gasteiger partial charge >= 0.3 is 0 Å². The molecule has 2 heterocycles. The number of hydrogen-bond donors (Lipinski definition) is 0. The van der Waals surface area contributed by atoms with Crippen LogP contribution in [-0.2, 0) is 0 Å². The molecule has 1 aromatic rings. The van der Waals surface area contributed by atoms with E-state index in [0.717, 1.165) is 0 Å². The molecule has 1 aromatic carbocycles. The third-order valence-electron chi connectivity index (χ3n) is 3.70. The summed E-state index contributed by atoms with van der Waals surface area (Å²) in [5.41, 5.74) is 4.47. The summed E-state index contributed by atoms with van der Waals surface area (Å²) in [6, 6.07) is 9.51. The largest absolute Gasteiger partial charge is 0.364 e. The van der Waals surface area contributed by atoms with E-state index in [0.29, 0.717) is 6.04 Å². The molecule has 3 rings (SSSR count). The Hall–Kier alpha value is -1.24. The van der Waals surface area contributed by atoms with E-state index in [1.165, 1.54) is 37.1 Å². The van der Waals surface area contributed by atoms with Gasteiger partial charge in [0.25, 0.3) is 0 Å². The zero-order valence-corrected chi connectivity index (χ0v) is 9.24. The van der Waals surface area contributed by atoms with Crippen LogP contribution in [0.3, 0.4) is 0 Å². The van der Waals surface area contributed by atoms with Crippen molar-refractivity contribution < 1.29 is 0 Å². The Morgan fingerprint density at radius 3 is 3.00 bits per heavy atom. The van der Waals surface area contributed by atoms with Crippen LogP contribution in [0.15, 0.2) is 30.3 Å². The van der Waals surface area contributed by atoms with E-state index in [2.05, 4.69) is 42.2 Å². The summed E-state index contributed by atoms with van der Waals surface area (Å²) >= 11 is 0. The summed E-state index contributed by atoms with van der Waals surface area (Å²) in [4.78, 5) is 2.59. The first-order valence-corrected chi connectivity index (χ1v) is 5.94. The lowest BCUT2D eigenvalue weighted by Crippen LogP contribution is -2.35. The van der Waals surface area contributed by atoms with Crippen LogP contribution < -0.4 is 4.90 Å². The SMILES string of the molecule is C/C=C1\c2ccccc2N2CCCCC12. The van der Waals surface area contributed by atoms with Crippen LogP contribution >= 0.6 is 0 Å². The van der Waals surface area contributed by atoms with Crippen LogP contribution in [-0.4, -0.2) is 12.6 Å². The predicted molar refractivity (Wildman–Crippen MR) is 65.1 cm³/mol. The van der Waals surface area contributed by atoms with Gasteiger partial charge in [0.05, 0.1) is 6.04 Å². The Kier molecular flexibility index (Phi) is 2.05. The normalized spacial score (nSPS) is 26.6. The van der Waals surface area contributed by atoms with Crippen molar-refractivity contribution in [2.75, 3.05) is 11.4 Å². The summed E-state index contributed by atoms with van der Waals surface area (Å²) in [6.07, 6.45) is 6.36. The minimum atomic E-state index is 0.668. The summed E-state index contributed by atoms with van der Waals surface area (Å²) < 4.78 is 0. The predicted octanol–water partition coefficient (Wildman–Crippen LogP) is 3.46. The number of benzene rings is 1. The van der Waals surface area contributed by atoms with Gasteiger partial charge in [0.2, 0.25) is 0 Å². The first kappa shape index (κ1) is 9.02. The molecule has 0 amide bonds. The number of fused-ring (bicyclic) bond motifs is 3. The van der Waals surface area contributed by atoms with E-state index in [1.807, 2.05) is 0 Å². The van der Waals surface area contributed by atoms with Gasteiger partial charge in [-0.05, 0) is 37.8 Å². The van der Waals surface area contributed by atoms with Crippen molar-refractivity contribution in [3.8, 4) is 0 Å². The van der Waals surface area contributed by atoms with Crippen molar-refractivity contribution in [1.29, 1.82) is 0 Å². The van der Waals surface area contributed by atoms with Crippen LogP contribution in [0.2, 0.25) is 0 Å². The molecule has 1 heteroatoms. The van der Waals surface area contributed by atoms with Gasteiger partial charge in [-0.3, -0.25) is 0 Å². The van der Waals surface area contributed by atoms with Gasteiger partial charge in [0.15, 0.2) is 0 Å². The molecule has 1 saturated heterocycles. The Labute approximate surface area is 91.4 Å². The number of piperidine rings is 1. The van der Waals surface area contributed by atoms with Crippen molar-refractivity contribution >= 4 is 11.3 Å². The molecular formula is C14H17N. The van der Waals surface area contributed by atoms with E-state index < -0.39 is 0 Å². The molecule has 0 spiro atoms. The third kappa shape index (κ3) is 1.22. The quantitative estimate of drug-likeness (QED) is 0.618. The van der Waals surface area contributed by atoms with E-state index in [4.69, 9.17) is 0 Å². The monoisotopic (exact) mass is 199 g/mol. The highest BCUT2D eigenvalue weighted by atomic mass is 15.2. The van der Waals surface area contributed by atoms with Crippen LogP contribution in [0.25, 0.3) is 5.57 Å². The second-order valence-corrected chi connectivity index (χ2v) is 4.47. The molecule has 78 valence electrons. The maximum absolute atomic E-state index is 2.59. The number of anilines is 1. The molecular weight excluding hydrogens is 182 g/mol. The molecule has 2 aliphatic heterocycles. The molecule has 1 unspecified atom stereocenters. The summed E-state index contributed by atoms with van der Waals surface area (Å²) in [7, 11) is 0. The van der Waals surface area contributed by atoms with Gasteiger partial charge in [0, 0.05) is 17.8 Å². The fraction of sp³-hybridized carbons (Fsp3) is 0.429. The van der Waals surface area contributed by atoms with Gasteiger partial charge < -0.3 is 4.90 Å². The molecule has 1 atom stereocenters. The smallest absolute Gasteiger partial charge is 0.0546 e. The maximum atomic E-state index is 2.59. The Morgan fingerprint density at radius 2 is 2.13 bits per heavy atom. The van der Waals surface area contributed by atoms with Crippen molar-refractivity contribution in [3.05, 3.63) is 35.9 Å². The molecule has 0 N–H and O–H groups in total. The minimum absolute atomic E-state index is 0.668. The molecule has 0 radical (unpaired) electrons.